The predicted octanol–water partition coefficient (Wildman–Crippen LogP) is 3.71. The van der Waals surface area contributed by atoms with Gasteiger partial charge in [-0.2, -0.15) is 0 Å². The highest BCUT2D eigenvalue weighted by Crippen LogP contribution is 2.34. The zero-order valence-corrected chi connectivity index (χ0v) is 10.3. The number of pyridine rings is 1. The normalized spacial score (nSPS) is 20.4. The van der Waals surface area contributed by atoms with Gasteiger partial charge in [0, 0.05) is 18.4 Å². The molecule has 1 aromatic heterocycles. The number of hydrogen-bond donors (Lipinski definition) is 1. The van der Waals surface area contributed by atoms with Crippen molar-refractivity contribution in [2.75, 3.05) is 0 Å². The molecule has 2 rings (SSSR count). The van der Waals surface area contributed by atoms with Gasteiger partial charge in [0.1, 0.15) is 0 Å². The molecule has 2 N–H and O–H groups in total. The second-order valence-corrected chi connectivity index (χ2v) is 5.08. The van der Waals surface area contributed by atoms with Gasteiger partial charge in [0.05, 0.1) is 5.02 Å². The van der Waals surface area contributed by atoms with E-state index in [9.17, 15) is 0 Å². The fraction of sp³-hybridized carbons (Fsp3) is 0.615. The van der Waals surface area contributed by atoms with E-state index in [2.05, 4.69) is 4.98 Å². The molecule has 1 saturated carbocycles. The van der Waals surface area contributed by atoms with Crippen LogP contribution in [-0.4, -0.2) is 4.98 Å². The number of halogens is 1. The minimum atomic E-state index is 0.0774. The van der Waals surface area contributed by atoms with E-state index in [1.807, 2.05) is 6.07 Å². The van der Waals surface area contributed by atoms with E-state index < -0.39 is 0 Å². The van der Waals surface area contributed by atoms with Gasteiger partial charge in [-0.15, -0.1) is 0 Å². The van der Waals surface area contributed by atoms with E-state index in [1.165, 1.54) is 38.5 Å². The molecule has 1 heterocycles. The van der Waals surface area contributed by atoms with Crippen LogP contribution in [0.4, 0.5) is 0 Å². The Kier molecular flexibility index (Phi) is 4.19. The standard InChI is InChI=1S/C13H19ClN2/c14-12-9-16-8-7-11(12)13(15)10-5-3-1-2-4-6-10/h7-10,13H,1-6,15H2. The maximum Gasteiger partial charge on any atom is 0.0637 e. The molecule has 3 heteroatoms. The summed E-state index contributed by atoms with van der Waals surface area (Å²) in [6.07, 6.45) is 11.3. The van der Waals surface area contributed by atoms with E-state index in [4.69, 9.17) is 17.3 Å². The lowest BCUT2D eigenvalue weighted by molar-refractivity contribution is 0.382. The maximum absolute atomic E-state index is 6.33. The molecule has 88 valence electrons. The number of aromatic nitrogens is 1. The molecule has 0 radical (unpaired) electrons. The zero-order chi connectivity index (χ0) is 11.4. The average Bonchev–Trinajstić information content (AvgIpc) is 2.57. The Balaban J connectivity index is 2.11. The van der Waals surface area contributed by atoms with Crippen LogP contribution in [0.1, 0.15) is 50.1 Å². The minimum Gasteiger partial charge on any atom is -0.324 e. The quantitative estimate of drug-likeness (QED) is 0.798. The minimum absolute atomic E-state index is 0.0774. The summed E-state index contributed by atoms with van der Waals surface area (Å²) in [6.45, 7) is 0. The summed E-state index contributed by atoms with van der Waals surface area (Å²) < 4.78 is 0. The van der Waals surface area contributed by atoms with Crippen LogP contribution in [0.15, 0.2) is 18.5 Å². The monoisotopic (exact) mass is 238 g/mol. The van der Waals surface area contributed by atoms with E-state index in [0.29, 0.717) is 10.9 Å². The number of rotatable bonds is 2. The first-order valence-corrected chi connectivity index (χ1v) is 6.52. The lowest BCUT2D eigenvalue weighted by Gasteiger charge is -2.23. The highest BCUT2D eigenvalue weighted by atomic mass is 35.5. The van der Waals surface area contributed by atoms with Crippen molar-refractivity contribution in [1.29, 1.82) is 0 Å². The molecule has 2 nitrogen and oxygen atoms in total. The fourth-order valence-electron chi connectivity index (χ4n) is 2.58. The largest absolute Gasteiger partial charge is 0.324 e. The molecule has 1 atom stereocenters. The van der Waals surface area contributed by atoms with Crippen molar-refractivity contribution in [3.05, 3.63) is 29.0 Å². The molecule has 16 heavy (non-hydrogen) atoms. The molecular weight excluding hydrogens is 220 g/mol. The summed E-state index contributed by atoms with van der Waals surface area (Å²) in [6, 6.07) is 2.03. The van der Waals surface area contributed by atoms with Gasteiger partial charge in [-0.25, -0.2) is 0 Å². The molecule has 1 aliphatic rings. The van der Waals surface area contributed by atoms with E-state index >= 15 is 0 Å². The van der Waals surface area contributed by atoms with Crippen molar-refractivity contribution in [2.24, 2.45) is 11.7 Å². The van der Waals surface area contributed by atoms with Gasteiger partial charge in [-0.05, 0) is 30.4 Å². The summed E-state index contributed by atoms with van der Waals surface area (Å²) >= 11 is 6.14. The summed E-state index contributed by atoms with van der Waals surface area (Å²) in [7, 11) is 0. The molecule has 1 unspecified atom stereocenters. The van der Waals surface area contributed by atoms with Crippen molar-refractivity contribution >= 4 is 11.6 Å². The molecule has 0 bridgehead atoms. The molecule has 1 fully saturated rings. The highest BCUT2D eigenvalue weighted by molar-refractivity contribution is 6.31. The Morgan fingerprint density at radius 3 is 2.56 bits per heavy atom. The number of nitrogens with two attached hydrogens (primary N) is 1. The molecule has 0 aliphatic heterocycles. The van der Waals surface area contributed by atoms with Crippen molar-refractivity contribution in [3.63, 3.8) is 0 Å². The van der Waals surface area contributed by atoms with Crippen molar-refractivity contribution in [3.8, 4) is 0 Å². The van der Waals surface area contributed by atoms with Crippen LogP contribution in [0, 0.1) is 5.92 Å². The van der Waals surface area contributed by atoms with Crippen LogP contribution in [-0.2, 0) is 0 Å². The molecule has 0 spiro atoms. The number of hydrogen-bond acceptors (Lipinski definition) is 2. The molecule has 0 saturated heterocycles. The Bertz CT molecular complexity index is 332. The third kappa shape index (κ3) is 2.74. The lowest BCUT2D eigenvalue weighted by Crippen LogP contribution is -2.21. The van der Waals surface area contributed by atoms with Crippen LogP contribution in [0.3, 0.4) is 0 Å². The maximum atomic E-state index is 6.33. The van der Waals surface area contributed by atoms with Gasteiger partial charge in [0.2, 0.25) is 0 Å². The molecule has 0 amide bonds. The van der Waals surface area contributed by atoms with Crippen molar-refractivity contribution in [2.45, 2.75) is 44.6 Å². The van der Waals surface area contributed by atoms with Crippen molar-refractivity contribution in [1.82, 2.24) is 4.98 Å². The van der Waals surface area contributed by atoms with Crippen LogP contribution < -0.4 is 5.73 Å². The first kappa shape index (κ1) is 11.9. The van der Waals surface area contributed by atoms with Gasteiger partial charge < -0.3 is 5.73 Å². The van der Waals surface area contributed by atoms with Gasteiger partial charge in [0.25, 0.3) is 0 Å². The fourth-order valence-corrected chi connectivity index (χ4v) is 2.83. The van der Waals surface area contributed by atoms with Crippen LogP contribution in [0.5, 0.6) is 0 Å². The van der Waals surface area contributed by atoms with E-state index in [1.54, 1.807) is 12.4 Å². The van der Waals surface area contributed by atoms with Gasteiger partial charge in [-0.3, -0.25) is 4.98 Å². The average molecular weight is 239 g/mol. The number of nitrogens with zero attached hydrogens (tertiary/aromatic N) is 1. The molecular formula is C13H19ClN2. The van der Waals surface area contributed by atoms with Crippen LogP contribution in [0.2, 0.25) is 5.02 Å². The Labute approximate surface area is 102 Å². The third-order valence-corrected chi connectivity index (χ3v) is 3.89. The summed E-state index contributed by atoms with van der Waals surface area (Å²) in [4.78, 5) is 4.00. The van der Waals surface area contributed by atoms with E-state index in [0.717, 1.165) is 5.56 Å². The van der Waals surface area contributed by atoms with Gasteiger partial charge in [-0.1, -0.05) is 37.3 Å². The molecule has 1 aliphatic carbocycles. The Hall–Kier alpha value is -0.600. The van der Waals surface area contributed by atoms with Gasteiger partial charge in [0.15, 0.2) is 0 Å². The molecule has 1 aromatic rings. The van der Waals surface area contributed by atoms with Crippen LogP contribution >= 0.6 is 11.6 Å². The summed E-state index contributed by atoms with van der Waals surface area (Å²) in [5.74, 6) is 0.586. The molecule has 0 aromatic carbocycles. The lowest BCUT2D eigenvalue weighted by atomic mass is 9.88. The van der Waals surface area contributed by atoms with Crippen LogP contribution in [0.25, 0.3) is 0 Å². The second-order valence-electron chi connectivity index (χ2n) is 4.67. The van der Waals surface area contributed by atoms with Gasteiger partial charge >= 0.3 is 0 Å². The Morgan fingerprint density at radius 2 is 1.94 bits per heavy atom. The second kappa shape index (κ2) is 5.65. The summed E-state index contributed by atoms with van der Waals surface area (Å²) in [5, 5.41) is 0.708. The van der Waals surface area contributed by atoms with E-state index in [-0.39, 0.29) is 6.04 Å². The first-order valence-electron chi connectivity index (χ1n) is 6.14. The SMILES string of the molecule is NC(c1ccncc1Cl)C1CCCCCC1. The smallest absolute Gasteiger partial charge is 0.0637 e. The predicted molar refractivity (Wildman–Crippen MR) is 67.4 cm³/mol. The summed E-state index contributed by atoms with van der Waals surface area (Å²) in [5.41, 5.74) is 7.39. The first-order chi connectivity index (χ1) is 7.79. The van der Waals surface area contributed by atoms with Crippen molar-refractivity contribution < 1.29 is 0 Å². The topological polar surface area (TPSA) is 38.9 Å². The zero-order valence-electron chi connectivity index (χ0n) is 9.53. The third-order valence-electron chi connectivity index (χ3n) is 3.57. The highest BCUT2D eigenvalue weighted by Gasteiger charge is 2.22. The Morgan fingerprint density at radius 1 is 1.25 bits per heavy atom.